The summed E-state index contributed by atoms with van der Waals surface area (Å²) in [6.45, 7) is 3.09. The monoisotopic (exact) mass is 486 g/mol. The van der Waals surface area contributed by atoms with Crippen molar-refractivity contribution in [2.45, 2.75) is 121 Å². The zero-order valence-electron chi connectivity index (χ0n) is 20.2. The van der Waals surface area contributed by atoms with E-state index in [0.717, 1.165) is 24.3 Å². The molecule has 0 spiro atoms. The highest BCUT2D eigenvalue weighted by Crippen LogP contribution is 2.32. The van der Waals surface area contributed by atoms with Gasteiger partial charge in [-0.25, -0.2) is 0 Å². The van der Waals surface area contributed by atoms with Crippen molar-refractivity contribution < 1.29 is 9.21 Å². The third kappa shape index (κ3) is 13.2. The molecule has 4 nitrogen and oxygen atoms in total. The van der Waals surface area contributed by atoms with Gasteiger partial charge in [0.25, 0.3) is 0 Å². The van der Waals surface area contributed by atoms with E-state index in [2.05, 4.69) is 17.6 Å². The topological polar surface area (TPSA) is 54.3 Å². The maximum absolute atomic E-state index is 12.3. The molecule has 32 heavy (non-hydrogen) atoms. The van der Waals surface area contributed by atoms with Crippen molar-refractivity contribution in [3.8, 4) is 0 Å². The Hall–Kier alpha value is -0.650. The number of furan rings is 1. The third-order valence-electron chi connectivity index (χ3n) is 6.27. The zero-order valence-corrected chi connectivity index (χ0v) is 21.9. The molecule has 1 unspecified atom stereocenters. The summed E-state index contributed by atoms with van der Waals surface area (Å²) in [6.07, 6.45) is 25.4. The molecule has 1 amide bonds. The number of amides is 1. The van der Waals surface area contributed by atoms with Gasteiger partial charge in [0.15, 0.2) is 0 Å². The average Bonchev–Trinajstić information content (AvgIpc) is 3.48. The highest BCUT2D eigenvalue weighted by atomic mass is 35.5. The van der Waals surface area contributed by atoms with Crippen LogP contribution in [0.25, 0.3) is 0 Å². The predicted molar refractivity (Wildman–Crippen MR) is 141 cm³/mol. The minimum Gasteiger partial charge on any atom is -0.472 e. The molecular formula is C26H47ClN2O2S. The summed E-state index contributed by atoms with van der Waals surface area (Å²) in [4.78, 5) is 12.3. The number of unbranched alkanes of at least 4 members (excludes halogenated alkanes) is 15. The van der Waals surface area contributed by atoms with E-state index in [1.807, 2.05) is 6.07 Å². The molecule has 0 bridgehead atoms. The summed E-state index contributed by atoms with van der Waals surface area (Å²) in [7, 11) is 0. The first-order valence-electron chi connectivity index (χ1n) is 13.0. The van der Waals surface area contributed by atoms with Gasteiger partial charge >= 0.3 is 0 Å². The highest BCUT2D eigenvalue weighted by Gasteiger charge is 2.30. The lowest BCUT2D eigenvalue weighted by atomic mass is 10.0. The van der Waals surface area contributed by atoms with Gasteiger partial charge in [-0.15, -0.1) is 24.2 Å². The lowest BCUT2D eigenvalue weighted by Gasteiger charge is -2.12. The summed E-state index contributed by atoms with van der Waals surface area (Å²) in [5.41, 5.74) is 1.11. The summed E-state index contributed by atoms with van der Waals surface area (Å²) >= 11 is 1.77. The van der Waals surface area contributed by atoms with E-state index in [1.165, 1.54) is 96.3 Å². The van der Waals surface area contributed by atoms with E-state index < -0.39 is 0 Å². The number of halogens is 1. The first kappa shape index (κ1) is 29.4. The Morgan fingerprint density at radius 2 is 1.47 bits per heavy atom. The van der Waals surface area contributed by atoms with Crippen molar-refractivity contribution in [3.05, 3.63) is 24.2 Å². The Kier molecular flexibility index (Phi) is 18.2. The Morgan fingerprint density at radius 3 is 1.97 bits per heavy atom. The van der Waals surface area contributed by atoms with Gasteiger partial charge in [0.2, 0.25) is 5.91 Å². The minimum absolute atomic E-state index is 0. The standard InChI is InChI=1S/C26H46N2O2S.ClH/c1-2-3-4-5-6-7-8-9-10-11-12-13-14-15-16-17-19-27-25(29)24-22-31-26(28-24)23-18-20-30-21-23;/h18,20-21,24,26,28H,2-17,19,22H2,1H3,(H,27,29);1H/t24-,26?;/m1./s1. The second kappa shape index (κ2) is 19.8. The van der Waals surface area contributed by atoms with E-state index in [1.54, 1.807) is 24.3 Å². The van der Waals surface area contributed by atoms with Gasteiger partial charge in [0.05, 0.1) is 23.9 Å². The minimum atomic E-state index is -0.0917. The van der Waals surface area contributed by atoms with Crippen LogP contribution in [-0.2, 0) is 4.79 Å². The number of carbonyl (C=O) groups excluding carboxylic acids is 1. The molecule has 1 saturated heterocycles. The molecule has 1 aromatic rings. The van der Waals surface area contributed by atoms with Crippen molar-refractivity contribution in [2.75, 3.05) is 12.3 Å². The Labute approximate surface area is 207 Å². The van der Waals surface area contributed by atoms with Crippen molar-refractivity contribution in [1.82, 2.24) is 10.6 Å². The van der Waals surface area contributed by atoms with Crippen LogP contribution in [0.1, 0.15) is 121 Å². The second-order valence-corrected chi connectivity index (χ2v) is 10.2. The summed E-state index contributed by atoms with van der Waals surface area (Å²) in [6, 6.07) is 1.87. The van der Waals surface area contributed by atoms with Crippen molar-refractivity contribution in [2.24, 2.45) is 0 Å². The van der Waals surface area contributed by atoms with Crippen molar-refractivity contribution >= 4 is 30.1 Å². The number of rotatable bonds is 19. The highest BCUT2D eigenvalue weighted by molar-refractivity contribution is 7.99. The largest absolute Gasteiger partial charge is 0.472 e. The fraction of sp³-hybridized carbons (Fsp3) is 0.808. The molecule has 2 atom stereocenters. The molecule has 2 N–H and O–H groups in total. The van der Waals surface area contributed by atoms with Crippen LogP contribution in [0.5, 0.6) is 0 Å². The molecule has 1 aromatic heterocycles. The van der Waals surface area contributed by atoms with E-state index in [9.17, 15) is 4.79 Å². The lowest BCUT2D eigenvalue weighted by molar-refractivity contribution is -0.122. The number of nitrogens with one attached hydrogen (secondary N) is 2. The zero-order chi connectivity index (χ0) is 22.0. The Morgan fingerprint density at radius 1 is 0.938 bits per heavy atom. The smallest absolute Gasteiger partial charge is 0.238 e. The molecule has 1 fully saturated rings. The summed E-state index contributed by atoms with van der Waals surface area (Å²) in [5, 5.41) is 6.66. The first-order chi connectivity index (χ1) is 15.3. The summed E-state index contributed by atoms with van der Waals surface area (Å²) in [5.74, 6) is 0.958. The maximum atomic E-state index is 12.3. The van der Waals surface area contributed by atoms with Gasteiger partial charge in [-0.3, -0.25) is 10.1 Å². The van der Waals surface area contributed by atoms with Crippen LogP contribution in [0, 0.1) is 0 Å². The molecule has 186 valence electrons. The fourth-order valence-electron chi connectivity index (χ4n) is 4.25. The van der Waals surface area contributed by atoms with Crippen molar-refractivity contribution in [1.29, 1.82) is 0 Å². The normalized spacial score (nSPS) is 17.9. The van der Waals surface area contributed by atoms with E-state index in [-0.39, 0.29) is 29.7 Å². The van der Waals surface area contributed by atoms with Crippen LogP contribution in [0.3, 0.4) is 0 Å². The van der Waals surface area contributed by atoms with Gasteiger partial charge in [-0.1, -0.05) is 103 Å². The number of thioether (sulfide) groups is 1. The average molecular weight is 487 g/mol. The van der Waals surface area contributed by atoms with Gasteiger partial charge in [0, 0.05) is 17.9 Å². The predicted octanol–water partition coefficient (Wildman–Crippen LogP) is 7.78. The Bertz CT molecular complexity index is 556. The first-order valence-corrected chi connectivity index (χ1v) is 14.0. The van der Waals surface area contributed by atoms with Crippen LogP contribution in [0.15, 0.2) is 23.0 Å². The lowest BCUT2D eigenvalue weighted by Crippen LogP contribution is -2.42. The molecule has 6 heteroatoms. The summed E-state index contributed by atoms with van der Waals surface area (Å²) < 4.78 is 5.14. The number of hydrogen-bond acceptors (Lipinski definition) is 4. The van der Waals surface area contributed by atoms with E-state index in [0.29, 0.717) is 0 Å². The van der Waals surface area contributed by atoms with E-state index in [4.69, 9.17) is 4.42 Å². The van der Waals surface area contributed by atoms with E-state index >= 15 is 0 Å². The van der Waals surface area contributed by atoms with Crippen LogP contribution >= 0.6 is 24.2 Å². The number of hydrogen-bond donors (Lipinski definition) is 2. The molecule has 0 aromatic carbocycles. The molecule has 1 aliphatic heterocycles. The molecule has 2 heterocycles. The SMILES string of the molecule is CCCCCCCCCCCCCCCCCCNC(=O)[C@H]1CSC(c2ccoc2)N1.Cl. The Balaban J connectivity index is 0.00000512. The second-order valence-electron chi connectivity index (χ2n) is 9.08. The molecule has 1 aliphatic rings. The van der Waals surface area contributed by atoms with Gasteiger partial charge in [-0.2, -0.15) is 0 Å². The quantitative estimate of drug-likeness (QED) is 0.196. The third-order valence-corrected chi connectivity index (χ3v) is 7.54. The van der Waals surface area contributed by atoms with Crippen LogP contribution in [0.4, 0.5) is 0 Å². The van der Waals surface area contributed by atoms with Crippen LogP contribution in [-0.4, -0.2) is 24.2 Å². The van der Waals surface area contributed by atoms with Crippen LogP contribution < -0.4 is 10.6 Å². The molecule has 2 rings (SSSR count). The molecular weight excluding hydrogens is 440 g/mol. The van der Waals surface area contributed by atoms with Gasteiger partial charge in [-0.05, 0) is 12.5 Å². The maximum Gasteiger partial charge on any atom is 0.238 e. The molecule has 0 aliphatic carbocycles. The molecule has 0 radical (unpaired) electrons. The fourth-order valence-corrected chi connectivity index (χ4v) is 5.47. The van der Waals surface area contributed by atoms with Gasteiger partial charge in [0.1, 0.15) is 0 Å². The van der Waals surface area contributed by atoms with Gasteiger partial charge < -0.3 is 9.73 Å². The molecule has 0 saturated carbocycles. The van der Waals surface area contributed by atoms with Crippen molar-refractivity contribution in [3.63, 3.8) is 0 Å². The van der Waals surface area contributed by atoms with Crippen LogP contribution in [0.2, 0.25) is 0 Å². The number of carbonyl (C=O) groups is 1.